The molecule has 0 fully saturated rings. The van der Waals surface area contributed by atoms with Crippen LogP contribution in [0.5, 0.6) is 0 Å². The Kier molecular flexibility index (Phi) is 5.33. The standard InChI is InChI=1S/C24H19NO4S/c1-15-9-11-16(12-10-15)21-17-6-3-4-7-18(17)23(27)25(2)22(21)24(28)29-14-19(26)20-8-5-13-30-20/h3-13H,14H2,1-2H3. The number of hydrogen-bond donors (Lipinski definition) is 0. The van der Waals surface area contributed by atoms with Gasteiger partial charge in [0.05, 0.1) is 4.88 Å². The van der Waals surface area contributed by atoms with Crippen molar-refractivity contribution in [2.75, 3.05) is 6.61 Å². The van der Waals surface area contributed by atoms with Gasteiger partial charge in [-0.05, 0) is 35.4 Å². The lowest BCUT2D eigenvalue weighted by atomic mass is 9.96. The first-order valence-electron chi connectivity index (χ1n) is 9.40. The number of thiophene rings is 1. The van der Waals surface area contributed by atoms with Crippen LogP contribution in [-0.4, -0.2) is 22.9 Å². The van der Waals surface area contributed by atoms with Gasteiger partial charge in [0.25, 0.3) is 5.56 Å². The zero-order valence-electron chi connectivity index (χ0n) is 16.5. The lowest BCUT2D eigenvalue weighted by Crippen LogP contribution is -2.27. The first-order chi connectivity index (χ1) is 14.5. The molecular weight excluding hydrogens is 398 g/mol. The number of carbonyl (C=O) groups excluding carboxylic acids is 2. The van der Waals surface area contributed by atoms with Crippen LogP contribution >= 0.6 is 11.3 Å². The Morgan fingerprint density at radius 3 is 2.33 bits per heavy atom. The van der Waals surface area contributed by atoms with Crippen LogP contribution < -0.4 is 5.56 Å². The zero-order valence-corrected chi connectivity index (χ0v) is 17.4. The summed E-state index contributed by atoms with van der Waals surface area (Å²) >= 11 is 1.29. The predicted octanol–water partition coefficient (Wildman–Crippen LogP) is 4.62. The zero-order chi connectivity index (χ0) is 21.3. The maximum absolute atomic E-state index is 13.1. The second-order valence-corrected chi connectivity index (χ2v) is 7.92. The fraction of sp³-hybridized carbons (Fsp3) is 0.125. The van der Waals surface area contributed by atoms with Crippen LogP contribution in [0.15, 0.2) is 70.8 Å². The SMILES string of the molecule is Cc1ccc(-c2c(C(=O)OCC(=O)c3cccs3)n(C)c(=O)c3ccccc23)cc1. The quantitative estimate of drug-likeness (QED) is 0.351. The third-order valence-corrected chi connectivity index (χ3v) is 5.88. The Morgan fingerprint density at radius 1 is 0.967 bits per heavy atom. The largest absolute Gasteiger partial charge is 0.453 e. The summed E-state index contributed by atoms with van der Waals surface area (Å²) in [6, 6.07) is 18.4. The molecule has 2 aromatic carbocycles. The number of benzene rings is 2. The van der Waals surface area contributed by atoms with Gasteiger partial charge in [-0.15, -0.1) is 11.3 Å². The normalized spacial score (nSPS) is 10.9. The summed E-state index contributed by atoms with van der Waals surface area (Å²) in [7, 11) is 1.55. The van der Waals surface area contributed by atoms with Crippen LogP contribution in [0.4, 0.5) is 0 Å². The van der Waals surface area contributed by atoms with Gasteiger partial charge in [0.1, 0.15) is 5.69 Å². The van der Waals surface area contributed by atoms with Crippen molar-refractivity contribution in [1.29, 1.82) is 0 Å². The highest BCUT2D eigenvalue weighted by Crippen LogP contribution is 2.31. The Labute approximate surface area is 177 Å². The molecule has 0 unspecified atom stereocenters. The summed E-state index contributed by atoms with van der Waals surface area (Å²) in [6.45, 7) is 1.60. The topological polar surface area (TPSA) is 65.4 Å². The second-order valence-electron chi connectivity index (χ2n) is 6.98. The molecule has 0 atom stereocenters. The van der Waals surface area contributed by atoms with E-state index in [1.54, 1.807) is 36.7 Å². The molecule has 2 aromatic heterocycles. The number of rotatable bonds is 5. The maximum atomic E-state index is 13.1. The van der Waals surface area contributed by atoms with E-state index in [-0.39, 0.29) is 23.6 Å². The molecule has 0 aliphatic rings. The second kappa shape index (κ2) is 8.08. The number of nitrogens with zero attached hydrogens (tertiary/aromatic N) is 1. The van der Waals surface area contributed by atoms with Crippen molar-refractivity contribution in [3.8, 4) is 11.1 Å². The third kappa shape index (κ3) is 3.57. The molecule has 4 aromatic rings. The average molecular weight is 417 g/mol. The molecule has 0 saturated heterocycles. The van der Waals surface area contributed by atoms with E-state index >= 15 is 0 Å². The molecule has 0 radical (unpaired) electrons. The fourth-order valence-electron chi connectivity index (χ4n) is 3.42. The smallest absolute Gasteiger partial charge is 0.356 e. The summed E-state index contributed by atoms with van der Waals surface area (Å²) in [6.07, 6.45) is 0. The number of fused-ring (bicyclic) bond motifs is 1. The van der Waals surface area contributed by atoms with Gasteiger partial charge in [0.2, 0.25) is 5.78 Å². The van der Waals surface area contributed by atoms with Gasteiger partial charge in [-0.2, -0.15) is 0 Å². The first kappa shape index (κ1) is 19.8. The van der Waals surface area contributed by atoms with Gasteiger partial charge in [0.15, 0.2) is 6.61 Å². The van der Waals surface area contributed by atoms with Gasteiger partial charge < -0.3 is 9.30 Å². The van der Waals surface area contributed by atoms with Crippen LogP contribution in [-0.2, 0) is 11.8 Å². The highest BCUT2D eigenvalue weighted by Gasteiger charge is 2.23. The number of carbonyl (C=O) groups is 2. The minimum atomic E-state index is -0.708. The maximum Gasteiger partial charge on any atom is 0.356 e. The number of ether oxygens (including phenoxy) is 1. The van der Waals surface area contributed by atoms with E-state index in [9.17, 15) is 14.4 Å². The van der Waals surface area contributed by atoms with Gasteiger partial charge in [-0.1, -0.05) is 54.1 Å². The molecular formula is C24H19NO4S. The number of ketones is 1. The number of pyridine rings is 1. The van der Waals surface area contributed by atoms with Crippen LogP contribution in [0.3, 0.4) is 0 Å². The van der Waals surface area contributed by atoms with Crippen molar-refractivity contribution in [2.45, 2.75) is 6.92 Å². The summed E-state index contributed by atoms with van der Waals surface area (Å²) in [5.74, 6) is -0.984. The van der Waals surface area contributed by atoms with Crippen LogP contribution in [0.1, 0.15) is 25.7 Å². The molecule has 30 heavy (non-hydrogen) atoms. The van der Waals surface area contributed by atoms with Gasteiger partial charge in [-0.3, -0.25) is 9.59 Å². The first-order valence-corrected chi connectivity index (χ1v) is 10.3. The van der Waals surface area contributed by atoms with Crippen molar-refractivity contribution in [1.82, 2.24) is 4.57 Å². The summed E-state index contributed by atoms with van der Waals surface area (Å²) < 4.78 is 6.64. The van der Waals surface area contributed by atoms with E-state index in [0.29, 0.717) is 21.2 Å². The molecule has 2 heterocycles. The molecule has 0 saturated carbocycles. The highest BCUT2D eigenvalue weighted by atomic mass is 32.1. The molecule has 4 rings (SSSR count). The van der Waals surface area contributed by atoms with Gasteiger partial charge >= 0.3 is 5.97 Å². The average Bonchev–Trinajstić information content (AvgIpc) is 3.30. The van der Waals surface area contributed by atoms with E-state index < -0.39 is 5.97 Å². The number of Topliss-reactive ketones (excluding diaryl/α,β-unsaturated/α-hetero) is 1. The van der Waals surface area contributed by atoms with Crippen LogP contribution in [0.25, 0.3) is 21.9 Å². The molecule has 0 aliphatic heterocycles. The van der Waals surface area contributed by atoms with Crippen molar-refractivity contribution >= 4 is 33.9 Å². The summed E-state index contributed by atoms with van der Waals surface area (Å²) in [5.41, 5.74) is 2.32. The molecule has 0 aliphatic carbocycles. The predicted molar refractivity (Wildman–Crippen MR) is 118 cm³/mol. The van der Waals surface area contributed by atoms with E-state index in [0.717, 1.165) is 11.1 Å². The molecule has 6 heteroatoms. The minimum Gasteiger partial charge on any atom is -0.453 e. The summed E-state index contributed by atoms with van der Waals surface area (Å²) in [4.78, 5) is 38.8. The number of hydrogen-bond acceptors (Lipinski definition) is 5. The van der Waals surface area contributed by atoms with Crippen molar-refractivity contribution in [3.63, 3.8) is 0 Å². The van der Waals surface area contributed by atoms with Crippen molar-refractivity contribution < 1.29 is 14.3 Å². The summed E-state index contributed by atoms with van der Waals surface area (Å²) in [5, 5.41) is 2.97. The number of esters is 1. The van der Waals surface area contributed by atoms with Crippen LogP contribution in [0, 0.1) is 6.92 Å². The van der Waals surface area contributed by atoms with Gasteiger partial charge in [0, 0.05) is 18.0 Å². The molecule has 0 spiro atoms. The molecule has 0 N–H and O–H groups in total. The fourth-order valence-corrected chi connectivity index (χ4v) is 4.08. The van der Waals surface area contributed by atoms with E-state index in [1.165, 1.54) is 15.9 Å². The monoisotopic (exact) mass is 417 g/mol. The Morgan fingerprint density at radius 2 is 1.67 bits per heavy atom. The van der Waals surface area contributed by atoms with Crippen LogP contribution in [0.2, 0.25) is 0 Å². The molecule has 5 nitrogen and oxygen atoms in total. The lowest BCUT2D eigenvalue weighted by Gasteiger charge is -2.16. The van der Waals surface area contributed by atoms with Crippen molar-refractivity contribution in [2.24, 2.45) is 7.05 Å². The van der Waals surface area contributed by atoms with Gasteiger partial charge in [-0.25, -0.2) is 4.79 Å². The molecule has 0 bridgehead atoms. The Hall–Kier alpha value is -3.51. The third-order valence-electron chi connectivity index (χ3n) is 4.97. The lowest BCUT2D eigenvalue weighted by molar-refractivity contribution is 0.0466. The Bertz CT molecular complexity index is 1300. The van der Waals surface area contributed by atoms with E-state index in [1.807, 2.05) is 43.3 Å². The van der Waals surface area contributed by atoms with Crippen molar-refractivity contribution in [3.05, 3.63) is 92.5 Å². The van der Waals surface area contributed by atoms with E-state index in [2.05, 4.69) is 0 Å². The molecule has 0 amide bonds. The number of aromatic nitrogens is 1. The van der Waals surface area contributed by atoms with E-state index in [4.69, 9.17) is 4.74 Å². The minimum absolute atomic E-state index is 0.126. The molecule has 150 valence electrons. The highest BCUT2D eigenvalue weighted by molar-refractivity contribution is 7.12. The number of aryl methyl sites for hydroxylation is 1. The Balaban J connectivity index is 1.83.